The summed E-state index contributed by atoms with van der Waals surface area (Å²) in [7, 11) is 0. The number of allylic oxidation sites excluding steroid dienone is 5. The van der Waals surface area contributed by atoms with Crippen LogP contribution in [0.4, 0.5) is 0 Å². The van der Waals surface area contributed by atoms with Crippen LogP contribution in [0.15, 0.2) is 47.6 Å². The summed E-state index contributed by atoms with van der Waals surface area (Å²) in [5, 5.41) is 0. The van der Waals surface area contributed by atoms with E-state index in [9.17, 15) is 0 Å². The standard InChI is InChI=1S/C16H20O/c1-12-5-8-14(3,9-6-12)16-11-13(2)7-10-15(16,4)17-16/h5-8,10-11H,9H2,1-4H3. The first-order valence-electron chi connectivity index (χ1n) is 6.36. The fourth-order valence-electron chi connectivity index (χ4n) is 3.25. The first-order chi connectivity index (χ1) is 7.91. The molecule has 3 aliphatic rings. The Morgan fingerprint density at radius 2 is 1.76 bits per heavy atom. The molecule has 1 saturated heterocycles. The van der Waals surface area contributed by atoms with Crippen molar-refractivity contribution in [2.75, 3.05) is 0 Å². The average molecular weight is 228 g/mol. The third-order valence-corrected chi connectivity index (χ3v) is 4.57. The van der Waals surface area contributed by atoms with E-state index in [-0.39, 0.29) is 16.6 Å². The highest BCUT2D eigenvalue weighted by Gasteiger charge is 2.72. The van der Waals surface area contributed by atoms with Gasteiger partial charge in [0.1, 0.15) is 11.2 Å². The minimum Gasteiger partial charge on any atom is -0.353 e. The van der Waals surface area contributed by atoms with Crippen LogP contribution in [0.2, 0.25) is 0 Å². The minimum atomic E-state index is -0.132. The van der Waals surface area contributed by atoms with Crippen molar-refractivity contribution in [1.29, 1.82) is 0 Å². The first kappa shape index (κ1) is 11.0. The second kappa shape index (κ2) is 3.02. The Morgan fingerprint density at radius 1 is 1.06 bits per heavy atom. The van der Waals surface area contributed by atoms with Gasteiger partial charge in [-0.1, -0.05) is 42.4 Å². The topological polar surface area (TPSA) is 12.5 Å². The number of hydrogen-bond acceptors (Lipinski definition) is 1. The van der Waals surface area contributed by atoms with Crippen LogP contribution < -0.4 is 0 Å². The van der Waals surface area contributed by atoms with E-state index in [2.05, 4.69) is 64.2 Å². The van der Waals surface area contributed by atoms with Crippen molar-refractivity contribution in [3.8, 4) is 0 Å². The number of fused-ring (bicyclic) bond motifs is 1. The maximum atomic E-state index is 6.16. The molecule has 1 aliphatic heterocycles. The lowest BCUT2D eigenvalue weighted by Gasteiger charge is -2.35. The summed E-state index contributed by atoms with van der Waals surface area (Å²) >= 11 is 0. The van der Waals surface area contributed by atoms with Crippen molar-refractivity contribution in [2.24, 2.45) is 5.41 Å². The maximum absolute atomic E-state index is 6.16. The highest BCUT2D eigenvalue weighted by Crippen LogP contribution is 2.64. The van der Waals surface area contributed by atoms with Crippen LogP contribution in [0, 0.1) is 5.41 Å². The van der Waals surface area contributed by atoms with E-state index in [1.54, 1.807) is 0 Å². The van der Waals surface area contributed by atoms with Gasteiger partial charge in [-0.05, 0) is 39.3 Å². The number of epoxide rings is 1. The van der Waals surface area contributed by atoms with Gasteiger partial charge in [-0.3, -0.25) is 0 Å². The monoisotopic (exact) mass is 228 g/mol. The molecule has 0 aromatic rings. The molecule has 3 rings (SSSR count). The molecule has 0 spiro atoms. The maximum Gasteiger partial charge on any atom is 0.129 e. The van der Waals surface area contributed by atoms with Gasteiger partial charge in [-0.15, -0.1) is 0 Å². The number of rotatable bonds is 1. The Bertz CT molecular complexity index is 494. The second-order valence-electron chi connectivity index (χ2n) is 6.07. The molecule has 1 heterocycles. The highest BCUT2D eigenvalue weighted by atomic mass is 16.6. The minimum absolute atomic E-state index is 0.0767. The Balaban J connectivity index is 2.02. The van der Waals surface area contributed by atoms with Gasteiger partial charge < -0.3 is 4.74 Å². The largest absolute Gasteiger partial charge is 0.353 e. The smallest absolute Gasteiger partial charge is 0.129 e. The van der Waals surface area contributed by atoms with Gasteiger partial charge in [-0.25, -0.2) is 0 Å². The van der Waals surface area contributed by atoms with Gasteiger partial charge in [-0.2, -0.15) is 0 Å². The molecule has 17 heavy (non-hydrogen) atoms. The molecular weight excluding hydrogens is 208 g/mol. The SMILES string of the molecule is CC1=CCC(C)(C23C=C(C)C=CC2(C)O3)C=C1. The van der Waals surface area contributed by atoms with Crippen molar-refractivity contribution in [3.05, 3.63) is 47.6 Å². The third-order valence-electron chi connectivity index (χ3n) is 4.57. The van der Waals surface area contributed by atoms with Gasteiger partial charge in [0.2, 0.25) is 0 Å². The summed E-state index contributed by atoms with van der Waals surface area (Å²) in [6, 6.07) is 0. The Labute approximate surface area is 104 Å². The molecule has 0 saturated carbocycles. The van der Waals surface area contributed by atoms with Gasteiger partial charge in [0.25, 0.3) is 0 Å². The van der Waals surface area contributed by atoms with E-state index in [0.29, 0.717) is 0 Å². The molecule has 3 unspecified atom stereocenters. The molecule has 2 aliphatic carbocycles. The molecule has 0 bridgehead atoms. The van der Waals surface area contributed by atoms with E-state index < -0.39 is 0 Å². The fraction of sp³-hybridized carbons (Fsp3) is 0.500. The second-order valence-corrected chi connectivity index (χ2v) is 6.07. The van der Waals surface area contributed by atoms with E-state index in [1.165, 1.54) is 11.1 Å². The predicted octanol–water partition coefficient (Wildman–Crippen LogP) is 3.94. The van der Waals surface area contributed by atoms with Crippen LogP contribution in [0.5, 0.6) is 0 Å². The summed E-state index contributed by atoms with van der Waals surface area (Å²) in [4.78, 5) is 0. The quantitative estimate of drug-likeness (QED) is 0.619. The molecule has 90 valence electrons. The van der Waals surface area contributed by atoms with Gasteiger partial charge in [0.15, 0.2) is 0 Å². The Kier molecular flexibility index (Phi) is 1.96. The summed E-state index contributed by atoms with van der Waals surface area (Å²) in [5.74, 6) is 0. The highest BCUT2D eigenvalue weighted by molar-refractivity contribution is 5.48. The molecule has 3 atom stereocenters. The summed E-state index contributed by atoms with van der Waals surface area (Å²) in [6.45, 7) is 8.80. The van der Waals surface area contributed by atoms with E-state index in [4.69, 9.17) is 4.74 Å². The van der Waals surface area contributed by atoms with Crippen LogP contribution in [0.1, 0.15) is 34.1 Å². The zero-order valence-corrected chi connectivity index (χ0v) is 11.1. The van der Waals surface area contributed by atoms with Crippen molar-refractivity contribution < 1.29 is 4.74 Å². The number of ether oxygens (including phenoxy) is 1. The van der Waals surface area contributed by atoms with Crippen molar-refractivity contribution >= 4 is 0 Å². The summed E-state index contributed by atoms with van der Waals surface area (Å²) in [6.07, 6.45) is 14.6. The molecule has 1 nitrogen and oxygen atoms in total. The van der Waals surface area contributed by atoms with E-state index in [1.807, 2.05) is 0 Å². The van der Waals surface area contributed by atoms with Crippen molar-refractivity contribution in [3.63, 3.8) is 0 Å². The normalized spacial score (nSPS) is 47.3. The van der Waals surface area contributed by atoms with Crippen molar-refractivity contribution in [1.82, 2.24) is 0 Å². The molecule has 0 aromatic heterocycles. The van der Waals surface area contributed by atoms with Gasteiger partial charge in [0.05, 0.1) is 0 Å². The first-order valence-corrected chi connectivity index (χ1v) is 6.36. The lowest BCUT2D eigenvalue weighted by molar-refractivity contribution is 0.206. The molecule has 0 amide bonds. The summed E-state index contributed by atoms with van der Waals surface area (Å²) < 4.78 is 6.16. The Hall–Kier alpha value is -1.08. The van der Waals surface area contributed by atoms with E-state index >= 15 is 0 Å². The fourth-order valence-corrected chi connectivity index (χ4v) is 3.25. The molecule has 1 fully saturated rings. The van der Waals surface area contributed by atoms with Gasteiger partial charge >= 0.3 is 0 Å². The molecular formula is C16H20O. The third kappa shape index (κ3) is 1.29. The van der Waals surface area contributed by atoms with E-state index in [0.717, 1.165) is 6.42 Å². The molecule has 0 aromatic carbocycles. The lowest BCUT2D eigenvalue weighted by atomic mass is 9.65. The molecule has 0 N–H and O–H groups in total. The molecule has 0 radical (unpaired) electrons. The zero-order valence-electron chi connectivity index (χ0n) is 11.1. The van der Waals surface area contributed by atoms with Crippen LogP contribution in [-0.2, 0) is 4.74 Å². The zero-order chi connectivity index (χ0) is 12.3. The van der Waals surface area contributed by atoms with Crippen LogP contribution in [0.3, 0.4) is 0 Å². The van der Waals surface area contributed by atoms with Crippen LogP contribution in [-0.4, -0.2) is 11.2 Å². The van der Waals surface area contributed by atoms with Crippen molar-refractivity contribution in [2.45, 2.75) is 45.3 Å². The predicted molar refractivity (Wildman–Crippen MR) is 70.7 cm³/mol. The Morgan fingerprint density at radius 3 is 2.41 bits per heavy atom. The van der Waals surface area contributed by atoms with Gasteiger partial charge in [0, 0.05) is 5.41 Å². The summed E-state index contributed by atoms with van der Waals surface area (Å²) in [5.41, 5.74) is 2.50. The van der Waals surface area contributed by atoms with Crippen LogP contribution >= 0.6 is 0 Å². The van der Waals surface area contributed by atoms with Crippen LogP contribution in [0.25, 0.3) is 0 Å². The lowest BCUT2D eigenvalue weighted by Crippen LogP contribution is -2.39. The number of hydrogen-bond donors (Lipinski definition) is 0. The molecule has 1 heteroatoms. The average Bonchev–Trinajstić information content (AvgIpc) is 2.91.